The maximum atomic E-state index is 10.5. The third-order valence-electron chi connectivity index (χ3n) is 3.98. The molecule has 2 unspecified atom stereocenters. The molecular formula is C15H23NO. The summed E-state index contributed by atoms with van der Waals surface area (Å²) in [6.07, 6.45) is 1.98. The van der Waals surface area contributed by atoms with Crippen molar-refractivity contribution in [3.05, 3.63) is 34.4 Å². The first kappa shape index (κ1) is 12.6. The lowest BCUT2D eigenvalue weighted by Gasteiger charge is -2.28. The first-order valence-electron chi connectivity index (χ1n) is 6.56. The molecule has 1 aromatic carbocycles. The molecule has 2 rings (SSSR count). The van der Waals surface area contributed by atoms with E-state index >= 15 is 0 Å². The van der Waals surface area contributed by atoms with Gasteiger partial charge in [0.05, 0.1) is 6.10 Å². The molecule has 0 aromatic heterocycles. The van der Waals surface area contributed by atoms with Gasteiger partial charge in [0.2, 0.25) is 0 Å². The van der Waals surface area contributed by atoms with Gasteiger partial charge in [-0.25, -0.2) is 0 Å². The molecule has 0 aliphatic carbocycles. The topological polar surface area (TPSA) is 32.3 Å². The van der Waals surface area contributed by atoms with Crippen LogP contribution in [-0.4, -0.2) is 18.2 Å². The van der Waals surface area contributed by atoms with Crippen LogP contribution >= 0.6 is 0 Å². The zero-order chi connectivity index (χ0) is 12.4. The van der Waals surface area contributed by atoms with Gasteiger partial charge in [-0.1, -0.05) is 12.1 Å². The van der Waals surface area contributed by atoms with E-state index in [9.17, 15) is 5.11 Å². The Bertz CT molecular complexity index is 394. The Morgan fingerprint density at radius 1 is 1.18 bits per heavy atom. The van der Waals surface area contributed by atoms with Gasteiger partial charge >= 0.3 is 0 Å². The molecule has 2 N–H and O–H groups in total. The van der Waals surface area contributed by atoms with Gasteiger partial charge in [-0.05, 0) is 62.4 Å². The van der Waals surface area contributed by atoms with Crippen molar-refractivity contribution in [2.24, 2.45) is 5.92 Å². The van der Waals surface area contributed by atoms with E-state index in [2.05, 4.69) is 38.2 Å². The molecule has 2 nitrogen and oxygen atoms in total. The number of benzene rings is 1. The van der Waals surface area contributed by atoms with Crippen molar-refractivity contribution in [2.45, 2.75) is 39.7 Å². The predicted octanol–water partition coefficient (Wildman–Crippen LogP) is 2.64. The maximum Gasteiger partial charge on any atom is 0.0832 e. The highest BCUT2D eigenvalue weighted by atomic mass is 16.3. The fraction of sp³-hybridized carbons (Fsp3) is 0.600. The van der Waals surface area contributed by atoms with Crippen LogP contribution in [0.3, 0.4) is 0 Å². The second-order valence-electron chi connectivity index (χ2n) is 5.34. The van der Waals surface area contributed by atoms with Crippen LogP contribution < -0.4 is 5.32 Å². The number of aliphatic hydroxyl groups excluding tert-OH is 1. The first-order valence-corrected chi connectivity index (χ1v) is 6.56. The molecule has 17 heavy (non-hydrogen) atoms. The molecule has 1 heterocycles. The van der Waals surface area contributed by atoms with Gasteiger partial charge in [-0.3, -0.25) is 0 Å². The zero-order valence-electron chi connectivity index (χ0n) is 11.1. The average Bonchev–Trinajstić information content (AvgIpc) is 2.34. The average molecular weight is 233 g/mol. The molecule has 0 amide bonds. The van der Waals surface area contributed by atoms with Crippen LogP contribution in [0.5, 0.6) is 0 Å². The largest absolute Gasteiger partial charge is 0.388 e. The van der Waals surface area contributed by atoms with Gasteiger partial charge in [0, 0.05) is 12.5 Å². The summed E-state index contributed by atoms with van der Waals surface area (Å²) in [6.45, 7) is 8.37. The second kappa shape index (κ2) is 5.19. The summed E-state index contributed by atoms with van der Waals surface area (Å²) in [6, 6.07) is 4.34. The monoisotopic (exact) mass is 233 g/mol. The molecule has 2 heteroatoms. The Labute approximate surface area is 104 Å². The number of hydrogen-bond donors (Lipinski definition) is 2. The van der Waals surface area contributed by atoms with Crippen molar-refractivity contribution in [1.82, 2.24) is 5.32 Å². The standard InChI is InChI=1S/C15H23NO/c1-10-7-12(3)14(8-11(10)2)15(17)13-5-4-6-16-9-13/h7-8,13,15-17H,4-6,9H2,1-3H3. The van der Waals surface area contributed by atoms with Crippen LogP contribution in [0.2, 0.25) is 0 Å². The molecule has 1 aromatic rings. The van der Waals surface area contributed by atoms with Gasteiger partial charge in [0.15, 0.2) is 0 Å². The molecule has 94 valence electrons. The van der Waals surface area contributed by atoms with Gasteiger partial charge in [0.25, 0.3) is 0 Å². The minimum absolute atomic E-state index is 0.318. The third-order valence-corrected chi connectivity index (χ3v) is 3.98. The molecule has 0 radical (unpaired) electrons. The Balaban J connectivity index is 2.23. The first-order chi connectivity index (χ1) is 8.09. The number of rotatable bonds is 2. The molecule has 2 atom stereocenters. The van der Waals surface area contributed by atoms with Crippen molar-refractivity contribution in [1.29, 1.82) is 0 Å². The summed E-state index contributed by atoms with van der Waals surface area (Å²) in [7, 11) is 0. The van der Waals surface area contributed by atoms with Crippen molar-refractivity contribution in [3.63, 3.8) is 0 Å². The molecule has 1 aliphatic rings. The predicted molar refractivity (Wildman–Crippen MR) is 71.2 cm³/mol. The minimum Gasteiger partial charge on any atom is -0.388 e. The summed E-state index contributed by atoms with van der Waals surface area (Å²) in [5.74, 6) is 0.365. The summed E-state index contributed by atoms with van der Waals surface area (Å²) in [4.78, 5) is 0. The molecule has 1 fully saturated rings. The Hall–Kier alpha value is -0.860. The zero-order valence-corrected chi connectivity index (χ0v) is 11.1. The summed E-state index contributed by atoms with van der Waals surface area (Å²) in [5, 5.41) is 13.9. The lowest BCUT2D eigenvalue weighted by atomic mass is 9.86. The van der Waals surface area contributed by atoms with Crippen LogP contribution in [-0.2, 0) is 0 Å². The molecule has 1 aliphatic heterocycles. The summed E-state index contributed by atoms with van der Waals surface area (Å²) >= 11 is 0. The molecule has 1 saturated heterocycles. The molecule has 0 spiro atoms. The van der Waals surface area contributed by atoms with Crippen LogP contribution in [0.1, 0.15) is 41.2 Å². The van der Waals surface area contributed by atoms with Crippen molar-refractivity contribution in [3.8, 4) is 0 Å². The molecule has 0 bridgehead atoms. The lowest BCUT2D eigenvalue weighted by Crippen LogP contribution is -2.33. The van der Waals surface area contributed by atoms with Crippen LogP contribution in [0.4, 0.5) is 0 Å². The fourth-order valence-electron chi connectivity index (χ4n) is 2.70. The molecule has 0 saturated carbocycles. The van der Waals surface area contributed by atoms with E-state index in [1.54, 1.807) is 0 Å². The van der Waals surface area contributed by atoms with Crippen LogP contribution in [0, 0.1) is 26.7 Å². The number of aliphatic hydroxyl groups is 1. The highest BCUT2D eigenvalue weighted by molar-refractivity contribution is 5.37. The van der Waals surface area contributed by atoms with E-state index < -0.39 is 0 Å². The second-order valence-corrected chi connectivity index (χ2v) is 5.34. The Kier molecular flexibility index (Phi) is 3.85. The Morgan fingerprint density at radius 3 is 2.53 bits per heavy atom. The van der Waals surface area contributed by atoms with E-state index in [0.717, 1.165) is 25.1 Å². The smallest absolute Gasteiger partial charge is 0.0832 e. The van der Waals surface area contributed by atoms with Gasteiger partial charge in [-0.15, -0.1) is 0 Å². The lowest BCUT2D eigenvalue weighted by molar-refractivity contribution is 0.0915. The van der Waals surface area contributed by atoms with Crippen molar-refractivity contribution in [2.75, 3.05) is 13.1 Å². The number of hydrogen-bond acceptors (Lipinski definition) is 2. The maximum absolute atomic E-state index is 10.5. The van der Waals surface area contributed by atoms with Gasteiger partial charge in [-0.2, -0.15) is 0 Å². The van der Waals surface area contributed by atoms with Gasteiger partial charge in [0.1, 0.15) is 0 Å². The third kappa shape index (κ3) is 2.70. The van der Waals surface area contributed by atoms with E-state index in [0.29, 0.717) is 5.92 Å². The number of piperidine rings is 1. The van der Waals surface area contributed by atoms with E-state index in [-0.39, 0.29) is 6.10 Å². The minimum atomic E-state index is -0.318. The van der Waals surface area contributed by atoms with E-state index in [4.69, 9.17) is 0 Å². The Morgan fingerprint density at radius 2 is 1.88 bits per heavy atom. The van der Waals surface area contributed by atoms with Crippen molar-refractivity contribution >= 4 is 0 Å². The van der Waals surface area contributed by atoms with Crippen LogP contribution in [0.15, 0.2) is 12.1 Å². The normalized spacial score (nSPS) is 22.5. The quantitative estimate of drug-likeness (QED) is 0.823. The highest BCUT2D eigenvalue weighted by Gasteiger charge is 2.24. The van der Waals surface area contributed by atoms with Crippen LogP contribution in [0.25, 0.3) is 0 Å². The molecular weight excluding hydrogens is 210 g/mol. The SMILES string of the molecule is Cc1cc(C)c(C(O)C2CCCNC2)cc1C. The van der Waals surface area contributed by atoms with Crippen molar-refractivity contribution < 1.29 is 5.11 Å². The summed E-state index contributed by atoms with van der Waals surface area (Å²) < 4.78 is 0. The van der Waals surface area contributed by atoms with E-state index in [1.165, 1.54) is 23.1 Å². The summed E-state index contributed by atoms with van der Waals surface area (Å²) in [5.41, 5.74) is 4.90. The highest BCUT2D eigenvalue weighted by Crippen LogP contribution is 2.30. The van der Waals surface area contributed by atoms with E-state index in [1.807, 2.05) is 0 Å². The number of nitrogens with one attached hydrogen (secondary N) is 1. The van der Waals surface area contributed by atoms with Gasteiger partial charge < -0.3 is 10.4 Å². The fourth-order valence-corrected chi connectivity index (χ4v) is 2.70. The number of aryl methyl sites for hydroxylation is 3.